The second-order valence-electron chi connectivity index (χ2n) is 5.71. The lowest BCUT2D eigenvalue weighted by atomic mass is 9.90. The van der Waals surface area contributed by atoms with Gasteiger partial charge in [-0.15, -0.1) is 0 Å². The highest BCUT2D eigenvalue weighted by molar-refractivity contribution is 4.72. The van der Waals surface area contributed by atoms with Gasteiger partial charge in [-0.05, 0) is 31.6 Å². The number of unbranched alkanes of at least 4 members (excludes halogenated alkanes) is 5. The van der Waals surface area contributed by atoms with Gasteiger partial charge in [0.15, 0.2) is 0 Å². The molecule has 0 saturated carbocycles. The maximum Gasteiger partial charge on any atom is 0.0468 e. The van der Waals surface area contributed by atoms with Gasteiger partial charge in [-0.3, -0.25) is 11.3 Å². The summed E-state index contributed by atoms with van der Waals surface area (Å²) in [5.74, 6) is 6.49. The van der Waals surface area contributed by atoms with Crippen molar-refractivity contribution in [1.29, 1.82) is 0 Å². The second-order valence-corrected chi connectivity index (χ2v) is 5.71. The fourth-order valence-corrected chi connectivity index (χ4v) is 2.82. The van der Waals surface area contributed by atoms with E-state index in [4.69, 9.17) is 10.6 Å². The average molecular weight is 256 g/mol. The molecule has 1 aliphatic rings. The van der Waals surface area contributed by atoms with E-state index >= 15 is 0 Å². The summed E-state index contributed by atoms with van der Waals surface area (Å²) in [7, 11) is 0. The molecule has 0 aromatic carbocycles. The van der Waals surface area contributed by atoms with Crippen molar-refractivity contribution in [2.75, 3.05) is 13.2 Å². The molecule has 3 N–H and O–H groups in total. The minimum atomic E-state index is 0.513. The molecule has 18 heavy (non-hydrogen) atoms. The normalized spacial score (nSPS) is 19.0. The highest BCUT2D eigenvalue weighted by Gasteiger charge is 2.18. The van der Waals surface area contributed by atoms with Crippen molar-refractivity contribution in [1.82, 2.24) is 5.43 Å². The first-order valence-corrected chi connectivity index (χ1v) is 7.90. The third kappa shape index (κ3) is 7.34. The van der Waals surface area contributed by atoms with Gasteiger partial charge >= 0.3 is 0 Å². The molecule has 1 aliphatic heterocycles. The fourth-order valence-electron chi connectivity index (χ4n) is 2.82. The molecule has 108 valence electrons. The summed E-state index contributed by atoms with van der Waals surface area (Å²) < 4.78 is 5.40. The number of rotatable bonds is 10. The summed E-state index contributed by atoms with van der Waals surface area (Å²) in [5.41, 5.74) is 3.01. The van der Waals surface area contributed by atoms with E-state index in [1.807, 2.05) is 0 Å². The molecule has 0 aromatic rings. The highest BCUT2D eigenvalue weighted by Crippen LogP contribution is 2.22. The quantitative estimate of drug-likeness (QED) is 0.358. The van der Waals surface area contributed by atoms with Gasteiger partial charge in [0.25, 0.3) is 0 Å². The Bertz CT molecular complexity index is 181. The number of ether oxygens (including phenoxy) is 1. The van der Waals surface area contributed by atoms with Crippen molar-refractivity contribution in [3.05, 3.63) is 0 Å². The largest absolute Gasteiger partial charge is 0.381 e. The van der Waals surface area contributed by atoms with Gasteiger partial charge < -0.3 is 4.74 Å². The van der Waals surface area contributed by atoms with Gasteiger partial charge in [0.2, 0.25) is 0 Å². The van der Waals surface area contributed by atoms with E-state index in [2.05, 4.69) is 12.3 Å². The lowest BCUT2D eigenvalue weighted by Gasteiger charge is -2.26. The summed E-state index contributed by atoms with van der Waals surface area (Å²) in [5, 5.41) is 0. The smallest absolute Gasteiger partial charge is 0.0468 e. The van der Waals surface area contributed by atoms with Crippen LogP contribution in [0, 0.1) is 5.92 Å². The van der Waals surface area contributed by atoms with Gasteiger partial charge in [0.05, 0.1) is 0 Å². The zero-order chi connectivity index (χ0) is 13.1. The second kappa shape index (κ2) is 10.8. The summed E-state index contributed by atoms with van der Waals surface area (Å²) in [6, 6.07) is 0.513. The van der Waals surface area contributed by atoms with Gasteiger partial charge in [-0.2, -0.15) is 0 Å². The fraction of sp³-hybridized carbons (Fsp3) is 1.00. The Hall–Kier alpha value is -0.120. The third-order valence-corrected chi connectivity index (χ3v) is 4.10. The molecule has 1 fully saturated rings. The number of hydrogen-bond acceptors (Lipinski definition) is 3. The molecule has 0 aromatic heterocycles. The summed E-state index contributed by atoms with van der Waals surface area (Å²) >= 11 is 0. The Morgan fingerprint density at radius 1 is 1.11 bits per heavy atom. The first-order chi connectivity index (χ1) is 8.86. The zero-order valence-electron chi connectivity index (χ0n) is 12.1. The average Bonchev–Trinajstić information content (AvgIpc) is 2.42. The van der Waals surface area contributed by atoms with Crippen LogP contribution >= 0.6 is 0 Å². The Balaban J connectivity index is 2.01. The van der Waals surface area contributed by atoms with Crippen LogP contribution < -0.4 is 11.3 Å². The maximum absolute atomic E-state index is 5.67. The first kappa shape index (κ1) is 15.9. The van der Waals surface area contributed by atoms with Crippen molar-refractivity contribution < 1.29 is 4.74 Å². The van der Waals surface area contributed by atoms with Crippen molar-refractivity contribution in [2.24, 2.45) is 11.8 Å². The van der Waals surface area contributed by atoms with E-state index in [0.717, 1.165) is 19.1 Å². The van der Waals surface area contributed by atoms with E-state index in [9.17, 15) is 0 Å². The third-order valence-electron chi connectivity index (χ3n) is 4.10. The summed E-state index contributed by atoms with van der Waals surface area (Å²) in [6.07, 6.45) is 13.1. The Kier molecular flexibility index (Phi) is 9.54. The van der Waals surface area contributed by atoms with Crippen LogP contribution in [0.1, 0.15) is 71.1 Å². The topological polar surface area (TPSA) is 47.3 Å². The molecule has 0 amide bonds. The van der Waals surface area contributed by atoms with Gasteiger partial charge in [0, 0.05) is 19.3 Å². The zero-order valence-corrected chi connectivity index (χ0v) is 12.1. The molecule has 3 nitrogen and oxygen atoms in total. The summed E-state index contributed by atoms with van der Waals surface area (Å²) in [6.45, 7) is 4.15. The minimum Gasteiger partial charge on any atom is -0.381 e. The van der Waals surface area contributed by atoms with E-state index in [-0.39, 0.29) is 0 Å². The van der Waals surface area contributed by atoms with Crippen LogP contribution in [0.4, 0.5) is 0 Å². The molecular formula is C15H32N2O. The van der Waals surface area contributed by atoms with Crippen LogP contribution in [0.5, 0.6) is 0 Å². The van der Waals surface area contributed by atoms with Crippen molar-refractivity contribution in [3.8, 4) is 0 Å². The Labute approximate surface area is 113 Å². The van der Waals surface area contributed by atoms with Crippen LogP contribution in [0.25, 0.3) is 0 Å². The van der Waals surface area contributed by atoms with Gasteiger partial charge in [0.1, 0.15) is 0 Å². The van der Waals surface area contributed by atoms with E-state index in [0.29, 0.717) is 6.04 Å². The van der Waals surface area contributed by atoms with Crippen LogP contribution in [-0.4, -0.2) is 19.3 Å². The standard InChI is InChI=1S/C15H32N2O/c1-2-3-4-5-6-7-8-15(17-16)13-14-9-11-18-12-10-14/h14-15,17H,2-13,16H2,1H3. The van der Waals surface area contributed by atoms with Crippen LogP contribution in [0.15, 0.2) is 0 Å². The van der Waals surface area contributed by atoms with Crippen molar-refractivity contribution in [3.63, 3.8) is 0 Å². The minimum absolute atomic E-state index is 0.513. The number of nitrogens with two attached hydrogens (primary N) is 1. The SMILES string of the molecule is CCCCCCCCC(CC1CCOCC1)NN. The molecular weight excluding hydrogens is 224 g/mol. The number of nitrogens with one attached hydrogen (secondary N) is 1. The Morgan fingerprint density at radius 3 is 2.44 bits per heavy atom. The molecule has 1 rings (SSSR count). The molecule has 0 radical (unpaired) electrons. The highest BCUT2D eigenvalue weighted by atomic mass is 16.5. The molecule has 0 bridgehead atoms. The van der Waals surface area contributed by atoms with E-state index in [1.165, 1.54) is 64.2 Å². The molecule has 0 aliphatic carbocycles. The van der Waals surface area contributed by atoms with E-state index < -0.39 is 0 Å². The van der Waals surface area contributed by atoms with E-state index in [1.54, 1.807) is 0 Å². The van der Waals surface area contributed by atoms with Gasteiger partial charge in [-0.25, -0.2) is 0 Å². The molecule has 1 saturated heterocycles. The van der Waals surface area contributed by atoms with Crippen LogP contribution in [0.3, 0.4) is 0 Å². The van der Waals surface area contributed by atoms with Gasteiger partial charge in [-0.1, -0.05) is 45.4 Å². The van der Waals surface area contributed by atoms with Crippen LogP contribution in [0.2, 0.25) is 0 Å². The first-order valence-electron chi connectivity index (χ1n) is 7.90. The Morgan fingerprint density at radius 2 is 1.78 bits per heavy atom. The van der Waals surface area contributed by atoms with Crippen LogP contribution in [-0.2, 0) is 4.74 Å². The van der Waals surface area contributed by atoms with Crippen molar-refractivity contribution in [2.45, 2.75) is 77.2 Å². The predicted molar refractivity (Wildman–Crippen MR) is 77.3 cm³/mol. The predicted octanol–water partition coefficient (Wildman–Crippen LogP) is 3.39. The van der Waals surface area contributed by atoms with Crippen molar-refractivity contribution >= 4 is 0 Å². The lowest BCUT2D eigenvalue weighted by molar-refractivity contribution is 0.0601. The molecule has 3 heteroatoms. The lowest BCUT2D eigenvalue weighted by Crippen LogP contribution is -2.37. The molecule has 0 spiro atoms. The molecule has 1 heterocycles. The molecule has 1 atom stereocenters. The molecule has 1 unspecified atom stereocenters. The maximum atomic E-state index is 5.67. The summed E-state index contributed by atoms with van der Waals surface area (Å²) in [4.78, 5) is 0. The number of hydrogen-bond donors (Lipinski definition) is 2. The monoisotopic (exact) mass is 256 g/mol. The number of hydrazine groups is 1.